The molecule has 7 heteroatoms. The summed E-state index contributed by atoms with van der Waals surface area (Å²) in [7, 11) is 0. The molecule has 0 aliphatic carbocycles. The Hall–Kier alpha value is -2.93. The minimum atomic E-state index is 0.177. The fraction of sp³-hybridized carbons (Fsp3) is 0. The van der Waals surface area contributed by atoms with Crippen LogP contribution in [0.5, 0.6) is 0 Å². The third-order valence-electron chi connectivity index (χ3n) is 3.52. The number of nitrogens with zero attached hydrogens (tertiary/aromatic N) is 4. The van der Waals surface area contributed by atoms with Crippen molar-refractivity contribution in [1.82, 2.24) is 9.56 Å². The molecular weight excluding hydrogens is 370 g/mol. The van der Waals surface area contributed by atoms with Crippen molar-refractivity contribution in [3.8, 4) is 11.3 Å². The Morgan fingerprint density at radius 3 is 2.50 bits per heavy atom. The smallest absolute Gasteiger partial charge is 0.250 e. The van der Waals surface area contributed by atoms with E-state index in [9.17, 15) is 0 Å². The molecule has 0 fully saturated rings. The van der Waals surface area contributed by atoms with E-state index < -0.39 is 0 Å². The average molecular weight is 382 g/mol. The number of benzene rings is 2. The lowest BCUT2D eigenvalue weighted by molar-refractivity contribution is 0.397. The second-order valence-electron chi connectivity index (χ2n) is 5.11. The van der Waals surface area contributed by atoms with Crippen LogP contribution < -0.4 is 5.73 Å². The maximum Gasteiger partial charge on any atom is 0.250 e. The number of imidazole rings is 1. The summed E-state index contributed by atoms with van der Waals surface area (Å²) in [4.78, 5) is 4.37. The topological polar surface area (TPSA) is 81.2 Å². The lowest BCUT2D eigenvalue weighted by Gasteiger charge is -1.98. The molecule has 118 valence electrons. The predicted molar refractivity (Wildman–Crippen MR) is 95.6 cm³/mol. The van der Waals surface area contributed by atoms with E-state index >= 15 is 0 Å². The summed E-state index contributed by atoms with van der Waals surface area (Å²) >= 11 is 3.42. The zero-order valence-electron chi connectivity index (χ0n) is 12.4. The number of halogens is 1. The third-order valence-corrected chi connectivity index (χ3v) is 4.05. The number of nitrogen functional groups attached to an aromatic ring is 1. The summed E-state index contributed by atoms with van der Waals surface area (Å²) in [6.45, 7) is 0. The van der Waals surface area contributed by atoms with E-state index in [2.05, 4.69) is 31.1 Å². The van der Waals surface area contributed by atoms with E-state index in [0.717, 1.165) is 21.4 Å². The second-order valence-corrected chi connectivity index (χ2v) is 6.02. The summed E-state index contributed by atoms with van der Waals surface area (Å²) < 4.78 is 8.18. The van der Waals surface area contributed by atoms with E-state index in [1.807, 2.05) is 54.6 Å². The van der Waals surface area contributed by atoms with Gasteiger partial charge in [0.1, 0.15) is 5.69 Å². The highest BCUT2D eigenvalue weighted by Gasteiger charge is 2.17. The molecule has 0 atom stereocenters. The predicted octanol–water partition coefficient (Wildman–Crippen LogP) is 5.35. The number of rotatable bonds is 3. The van der Waals surface area contributed by atoms with Crippen LogP contribution in [0.2, 0.25) is 0 Å². The first-order chi connectivity index (χ1) is 11.7. The zero-order valence-corrected chi connectivity index (χ0v) is 14.0. The minimum Gasteiger partial charge on any atom is -0.366 e. The molecule has 2 heterocycles. The van der Waals surface area contributed by atoms with Gasteiger partial charge in [0, 0.05) is 10.0 Å². The lowest BCUT2D eigenvalue weighted by Crippen LogP contribution is -1.84. The molecule has 2 aromatic carbocycles. The van der Waals surface area contributed by atoms with Crippen LogP contribution in [0.15, 0.2) is 80.0 Å². The molecule has 0 spiro atoms. The number of nitrogens with two attached hydrogens (primary N) is 1. The first-order valence-corrected chi connectivity index (χ1v) is 8.00. The van der Waals surface area contributed by atoms with Crippen molar-refractivity contribution in [2.75, 3.05) is 5.73 Å². The highest BCUT2D eigenvalue weighted by molar-refractivity contribution is 9.10. The number of azo groups is 1. The van der Waals surface area contributed by atoms with Crippen LogP contribution in [0.25, 0.3) is 16.9 Å². The first-order valence-electron chi connectivity index (χ1n) is 7.21. The van der Waals surface area contributed by atoms with E-state index in [1.54, 1.807) is 10.8 Å². The highest BCUT2D eigenvalue weighted by atomic mass is 79.9. The fourth-order valence-corrected chi connectivity index (χ4v) is 2.62. The molecule has 0 aliphatic heterocycles. The highest BCUT2D eigenvalue weighted by Crippen LogP contribution is 2.34. The monoisotopic (exact) mass is 381 g/mol. The van der Waals surface area contributed by atoms with Crippen molar-refractivity contribution in [1.29, 1.82) is 0 Å². The van der Waals surface area contributed by atoms with Crippen molar-refractivity contribution >= 4 is 38.8 Å². The van der Waals surface area contributed by atoms with E-state index in [-0.39, 0.29) is 5.88 Å². The van der Waals surface area contributed by atoms with Gasteiger partial charge in [-0.15, -0.1) is 5.11 Å². The largest absolute Gasteiger partial charge is 0.366 e. The standard InChI is InChI=1S/C17H12BrN5O/c18-12-8-6-11(7-9-12)14-10-20-17-15(16(19)24-23(14)17)22-21-13-4-2-1-3-5-13/h1-10H,19H2. The molecule has 0 radical (unpaired) electrons. The van der Waals surface area contributed by atoms with Gasteiger partial charge in [-0.1, -0.05) is 46.3 Å². The molecule has 4 rings (SSSR count). The molecule has 24 heavy (non-hydrogen) atoms. The maximum atomic E-state index is 5.94. The van der Waals surface area contributed by atoms with Gasteiger partial charge in [-0.25, -0.2) is 4.98 Å². The van der Waals surface area contributed by atoms with Crippen LogP contribution in [-0.4, -0.2) is 9.56 Å². The molecule has 2 aromatic heterocycles. The summed E-state index contributed by atoms with van der Waals surface area (Å²) in [5.41, 5.74) is 9.39. The van der Waals surface area contributed by atoms with Crippen LogP contribution in [0, 0.1) is 0 Å². The zero-order chi connectivity index (χ0) is 16.5. The van der Waals surface area contributed by atoms with Gasteiger partial charge in [0.15, 0.2) is 5.69 Å². The van der Waals surface area contributed by atoms with Gasteiger partial charge in [-0.3, -0.25) is 0 Å². The molecule has 0 aliphatic rings. The summed E-state index contributed by atoms with van der Waals surface area (Å²) in [6, 6.07) is 17.3. The first kappa shape index (κ1) is 14.6. The Morgan fingerprint density at radius 2 is 1.75 bits per heavy atom. The number of anilines is 1. The van der Waals surface area contributed by atoms with Gasteiger partial charge in [0.05, 0.1) is 11.9 Å². The molecule has 0 unspecified atom stereocenters. The average Bonchev–Trinajstić information content (AvgIpc) is 3.13. The van der Waals surface area contributed by atoms with Crippen molar-refractivity contribution in [3.05, 3.63) is 65.3 Å². The molecule has 4 aromatic rings. The van der Waals surface area contributed by atoms with Crippen LogP contribution in [0.4, 0.5) is 17.3 Å². The molecule has 2 N–H and O–H groups in total. The molecular formula is C17H12BrN5O. The van der Waals surface area contributed by atoms with E-state index in [4.69, 9.17) is 10.3 Å². The molecule has 0 bridgehead atoms. The summed E-state index contributed by atoms with van der Waals surface area (Å²) in [5.74, 6) is 0.177. The van der Waals surface area contributed by atoms with Crippen molar-refractivity contribution in [3.63, 3.8) is 0 Å². The number of fused-ring (bicyclic) bond motifs is 1. The fourth-order valence-electron chi connectivity index (χ4n) is 2.35. The molecule has 6 nitrogen and oxygen atoms in total. The molecule has 0 amide bonds. The minimum absolute atomic E-state index is 0.177. The van der Waals surface area contributed by atoms with Crippen LogP contribution >= 0.6 is 15.9 Å². The Morgan fingerprint density at radius 1 is 1.00 bits per heavy atom. The third kappa shape index (κ3) is 2.59. The number of hydrogen-bond donors (Lipinski definition) is 1. The Labute approximate surface area is 145 Å². The summed E-state index contributed by atoms with van der Waals surface area (Å²) in [5, 5.41) is 8.38. The number of aromatic nitrogens is 2. The molecule has 0 saturated carbocycles. The Bertz CT molecular complexity index is 1020. The van der Waals surface area contributed by atoms with Crippen LogP contribution in [0.1, 0.15) is 0 Å². The van der Waals surface area contributed by atoms with Gasteiger partial charge < -0.3 is 10.3 Å². The Kier molecular flexibility index (Phi) is 3.62. The van der Waals surface area contributed by atoms with Crippen LogP contribution in [-0.2, 0) is 0 Å². The summed E-state index contributed by atoms with van der Waals surface area (Å²) in [6.07, 6.45) is 1.73. The van der Waals surface area contributed by atoms with Gasteiger partial charge >= 0.3 is 0 Å². The van der Waals surface area contributed by atoms with Crippen molar-refractivity contribution in [2.24, 2.45) is 10.2 Å². The van der Waals surface area contributed by atoms with Crippen molar-refractivity contribution in [2.45, 2.75) is 0 Å². The molecule has 0 saturated heterocycles. The Balaban J connectivity index is 1.77. The van der Waals surface area contributed by atoms with Gasteiger partial charge in [-0.05, 0) is 24.3 Å². The lowest BCUT2D eigenvalue weighted by atomic mass is 10.2. The van der Waals surface area contributed by atoms with E-state index in [0.29, 0.717) is 11.3 Å². The van der Waals surface area contributed by atoms with Gasteiger partial charge in [0.2, 0.25) is 11.5 Å². The van der Waals surface area contributed by atoms with Crippen molar-refractivity contribution < 1.29 is 4.52 Å². The van der Waals surface area contributed by atoms with Gasteiger partial charge in [0.25, 0.3) is 0 Å². The maximum absolute atomic E-state index is 5.94. The van der Waals surface area contributed by atoms with Crippen LogP contribution in [0.3, 0.4) is 0 Å². The number of hydrogen-bond acceptors (Lipinski definition) is 5. The second kappa shape index (κ2) is 5.93. The quantitative estimate of drug-likeness (QED) is 0.485. The van der Waals surface area contributed by atoms with Gasteiger partial charge in [-0.2, -0.15) is 9.69 Å². The normalized spacial score (nSPS) is 11.5. The SMILES string of the molecule is Nc1on2c(-c3ccc(Br)cc3)cnc2c1N=Nc1ccccc1. The van der Waals surface area contributed by atoms with E-state index in [1.165, 1.54) is 0 Å².